The van der Waals surface area contributed by atoms with Crippen molar-refractivity contribution in [2.75, 3.05) is 12.3 Å². The fourth-order valence-electron chi connectivity index (χ4n) is 2.40. The second kappa shape index (κ2) is 11.2. The molecule has 0 aliphatic rings. The van der Waals surface area contributed by atoms with E-state index in [-0.39, 0.29) is 5.56 Å². The monoisotopic (exact) mass is 357 g/mol. The minimum atomic E-state index is -0.992. The first-order valence-corrected chi connectivity index (χ1v) is 9.00. The fourth-order valence-corrected chi connectivity index (χ4v) is 2.40. The number of hydrogen-bond donors (Lipinski definition) is 2. The molecule has 4 nitrogen and oxygen atoms in total. The summed E-state index contributed by atoms with van der Waals surface area (Å²) in [6, 6.07) is 4.48. The van der Waals surface area contributed by atoms with E-state index in [1.807, 2.05) is 6.08 Å². The Morgan fingerprint density at radius 2 is 1.65 bits per heavy atom. The van der Waals surface area contributed by atoms with Crippen molar-refractivity contribution in [3.63, 3.8) is 0 Å². The second-order valence-corrected chi connectivity index (χ2v) is 6.83. The lowest BCUT2D eigenvalue weighted by molar-refractivity contribution is 0.0696. The van der Waals surface area contributed by atoms with Gasteiger partial charge in [0.1, 0.15) is 12.4 Å². The average molecular weight is 357 g/mol. The standard InChI is InChI=1S/C22H31NO3/c1-16(2)7-5-8-17(3)9-6-10-18(4)13-14-26-21-15-19(22(24)25)11-12-20(21)23/h7,9,11-13,15H,5-6,8,10,14,23H2,1-4H3,(H,24,25). The van der Waals surface area contributed by atoms with Gasteiger partial charge < -0.3 is 15.6 Å². The highest BCUT2D eigenvalue weighted by atomic mass is 16.5. The normalized spacial score (nSPS) is 12.0. The van der Waals surface area contributed by atoms with Crippen LogP contribution >= 0.6 is 0 Å². The summed E-state index contributed by atoms with van der Waals surface area (Å²) in [5.41, 5.74) is 10.5. The number of aromatic carboxylic acids is 1. The van der Waals surface area contributed by atoms with Crippen LogP contribution in [-0.2, 0) is 0 Å². The third-order valence-corrected chi connectivity index (χ3v) is 4.05. The van der Waals surface area contributed by atoms with Crippen molar-refractivity contribution in [1.82, 2.24) is 0 Å². The van der Waals surface area contributed by atoms with Crippen LogP contribution in [0.1, 0.15) is 63.7 Å². The molecule has 1 aromatic rings. The molecule has 0 saturated carbocycles. The largest absolute Gasteiger partial charge is 0.487 e. The SMILES string of the molecule is CC(C)=CCCC(C)=CCCC(C)=CCOc1cc(C(=O)O)ccc1N. The number of nitrogen functional groups attached to an aromatic ring is 1. The maximum Gasteiger partial charge on any atom is 0.335 e. The van der Waals surface area contributed by atoms with Crippen LogP contribution in [0.4, 0.5) is 5.69 Å². The first-order chi connectivity index (χ1) is 12.3. The van der Waals surface area contributed by atoms with Gasteiger partial charge in [-0.3, -0.25) is 0 Å². The molecule has 0 unspecified atom stereocenters. The van der Waals surface area contributed by atoms with E-state index in [1.54, 1.807) is 6.07 Å². The number of carbonyl (C=O) groups is 1. The van der Waals surface area contributed by atoms with Gasteiger partial charge in [-0.05, 0) is 77.7 Å². The fraction of sp³-hybridized carbons (Fsp3) is 0.409. The summed E-state index contributed by atoms with van der Waals surface area (Å²) in [6.07, 6.45) is 10.8. The summed E-state index contributed by atoms with van der Waals surface area (Å²) < 4.78 is 5.61. The van der Waals surface area contributed by atoms with Gasteiger partial charge in [0.05, 0.1) is 11.3 Å². The van der Waals surface area contributed by atoms with Crippen molar-refractivity contribution in [2.24, 2.45) is 0 Å². The number of ether oxygens (including phenoxy) is 1. The number of benzene rings is 1. The molecule has 0 heterocycles. The molecule has 0 radical (unpaired) electrons. The molecule has 26 heavy (non-hydrogen) atoms. The zero-order valence-corrected chi connectivity index (χ0v) is 16.3. The number of carboxylic acid groups (broad SMARTS) is 1. The molecular weight excluding hydrogens is 326 g/mol. The molecule has 0 amide bonds. The van der Waals surface area contributed by atoms with Gasteiger partial charge >= 0.3 is 5.97 Å². The summed E-state index contributed by atoms with van der Waals surface area (Å²) in [7, 11) is 0. The highest BCUT2D eigenvalue weighted by Crippen LogP contribution is 2.23. The van der Waals surface area contributed by atoms with E-state index in [4.69, 9.17) is 15.6 Å². The number of allylic oxidation sites excluding steroid dienone is 5. The van der Waals surface area contributed by atoms with E-state index in [2.05, 4.69) is 39.8 Å². The van der Waals surface area contributed by atoms with Crippen LogP contribution in [0.15, 0.2) is 53.1 Å². The molecule has 1 rings (SSSR count). The molecular formula is C22H31NO3. The maximum absolute atomic E-state index is 11.0. The molecule has 0 aliphatic heterocycles. The highest BCUT2D eigenvalue weighted by Gasteiger charge is 2.07. The van der Waals surface area contributed by atoms with E-state index in [1.165, 1.54) is 28.9 Å². The molecule has 4 heteroatoms. The van der Waals surface area contributed by atoms with Gasteiger partial charge in [-0.2, -0.15) is 0 Å². The molecule has 3 N–H and O–H groups in total. The van der Waals surface area contributed by atoms with Gasteiger partial charge in [0, 0.05) is 0 Å². The van der Waals surface area contributed by atoms with Crippen LogP contribution in [0.5, 0.6) is 5.75 Å². The lowest BCUT2D eigenvalue weighted by Crippen LogP contribution is -2.02. The maximum atomic E-state index is 11.0. The number of carboxylic acids is 1. The topological polar surface area (TPSA) is 72.5 Å². The molecule has 0 atom stereocenters. The Labute approximate surface area is 157 Å². The Bertz CT molecular complexity index is 695. The minimum absolute atomic E-state index is 0.170. The predicted molar refractivity (Wildman–Crippen MR) is 109 cm³/mol. The Morgan fingerprint density at radius 1 is 1.04 bits per heavy atom. The van der Waals surface area contributed by atoms with Gasteiger partial charge in [-0.1, -0.05) is 28.9 Å². The molecule has 0 bridgehead atoms. The van der Waals surface area contributed by atoms with Crippen LogP contribution in [0, 0.1) is 0 Å². The minimum Gasteiger partial charge on any atom is -0.487 e. The van der Waals surface area contributed by atoms with Crippen LogP contribution in [0.2, 0.25) is 0 Å². The Balaban J connectivity index is 2.44. The van der Waals surface area contributed by atoms with Gasteiger partial charge in [-0.15, -0.1) is 0 Å². The molecule has 1 aromatic carbocycles. The van der Waals surface area contributed by atoms with E-state index in [0.29, 0.717) is 18.0 Å². The van der Waals surface area contributed by atoms with Gasteiger partial charge in [0.2, 0.25) is 0 Å². The van der Waals surface area contributed by atoms with Crippen LogP contribution < -0.4 is 10.5 Å². The Morgan fingerprint density at radius 3 is 2.27 bits per heavy atom. The van der Waals surface area contributed by atoms with E-state index in [0.717, 1.165) is 25.7 Å². The van der Waals surface area contributed by atoms with Crippen molar-refractivity contribution in [3.05, 3.63) is 58.7 Å². The predicted octanol–water partition coefficient (Wildman–Crippen LogP) is 5.77. The van der Waals surface area contributed by atoms with Crippen LogP contribution in [0.3, 0.4) is 0 Å². The lowest BCUT2D eigenvalue weighted by Gasteiger charge is -2.08. The van der Waals surface area contributed by atoms with Crippen molar-refractivity contribution in [1.29, 1.82) is 0 Å². The summed E-state index contributed by atoms with van der Waals surface area (Å²) in [5, 5.41) is 9.02. The van der Waals surface area contributed by atoms with E-state index in [9.17, 15) is 4.79 Å². The summed E-state index contributed by atoms with van der Waals surface area (Å²) in [5.74, 6) is -0.586. The van der Waals surface area contributed by atoms with Crippen LogP contribution in [0.25, 0.3) is 0 Å². The Kier molecular flexibility index (Phi) is 9.27. The number of nitrogens with two attached hydrogens (primary N) is 1. The number of rotatable bonds is 10. The highest BCUT2D eigenvalue weighted by molar-refractivity contribution is 5.89. The number of hydrogen-bond acceptors (Lipinski definition) is 3. The molecule has 0 saturated heterocycles. The summed E-state index contributed by atoms with van der Waals surface area (Å²) in [4.78, 5) is 11.0. The zero-order chi connectivity index (χ0) is 19.5. The Hall–Kier alpha value is -2.49. The van der Waals surface area contributed by atoms with Crippen LogP contribution in [-0.4, -0.2) is 17.7 Å². The average Bonchev–Trinajstić information content (AvgIpc) is 2.56. The van der Waals surface area contributed by atoms with Gasteiger partial charge in [0.15, 0.2) is 0 Å². The summed E-state index contributed by atoms with van der Waals surface area (Å²) >= 11 is 0. The molecule has 0 spiro atoms. The lowest BCUT2D eigenvalue weighted by atomic mass is 10.1. The smallest absolute Gasteiger partial charge is 0.335 e. The van der Waals surface area contributed by atoms with Crippen molar-refractivity contribution >= 4 is 11.7 Å². The van der Waals surface area contributed by atoms with E-state index < -0.39 is 5.97 Å². The van der Waals surface area contributed by atoms with Crippen molar-refractivity contribution in [3.8, 4) is 5.75 Å². The van der Waals surface area contributed by atoms with Crippen molar-refractivity contribution in [2.45, 2.75) is 53.4 Å². The molecule has 0 aliphatic carbocycles. The molecule has 0 aromatic heterocycles. The van der Waals surface area contributed by atoms with E-state index >= 15 is 0 Å². The third-order valence-electron chi connectivity index (χ3n) is 4.05. The molecule has 0 fully saturated rings. The molecule has 142 valence electrons. The van der Waals surface area contributed by atoms with Gasteiger partial charge in [0.25, 0.3) is 0 Å². The second-order valence-electron chi connectivity index (χ2n) is 6.83. The quantitative estimate of drug-likeness (QED) is 0.412. The first kappa shape index (κ1) is 21.6. The first-order valence-electron chi connectivity index (χ1n) is 9.00. The van der Waals surface area contributed by atoms with Gasteiger partial charge in [-0.25, -0.2) is 4.79 Å². The van der Waals surface area contributed by atoms with Crippen molar-refractivity contribution < 1.29 is 14.6 Å². The third kappa shape index (κ3) is 8.56. The summed E-state index contributed by atoms with van der Waals surface area (Å²) in [6.45, 7) is 8.88. The number of anilines is 1. The zero-order valence-electron chi connectivity index (χ0n) is 16.3.